The first-order chi connectivity index (χ1) is 10.1. The molecule has 0 aromatic carbocycles. The number of nitrogens with one attached hydrogen (secondary N) is 1. The summed E-state index contributed by atoms with van der Waals surface area (Å²) in [5.41, 5.74) is 0. The highest BCUT2D eigenvalue weighted by Gasteiger charge is 2.48. The van der Waals surface area contributed by atoms with Crippen LogP contribution in [0, 0.1) is 17.8 Å². The number of rotatable bonds is 2. The molecule has 2 N–H and O–H groups in total. The third kappa shape index (κ3) is 3.00. The molecular formula is C15H25N3O3. The lowest BCUT2D eigenvalue weighted by molar-refractivity contribution is -0.139. The second-order valence-corrected chi connectivity index (χ2v) is 6.70. The van der Waals surface area contributed by atoms with Gasteiger partial charge in [0, 0.05) is 38.8 Å². The Kier molecular flexibility index (Phi) is 4.06. The zero-order chi connectivity index (χ0) is 15.0. The number of aliphatic carboxylic acids is 1. The first-order valence-electron chi connectivity index (χ1n) is 8.07. The van der Waals surface area contributed by atoms with Gasteiger partial charge in [-0.1, -0.05) is 0 Å². The van der Waals surface area contributed by atoms with Gasteiger partial charge in [-0.15, -0.1) is 0 Å². The van der Waals surface area contributed by atoms with Gasteiger partial charge in [0.2, 0.25) is 0 Å². The average Bonchev–Trinajstić information content (AvgIpc) is 3.28. The summed E-state index contributed by atoms with van der Waals surface area (Å²) in [6.07, 6.45) is 2.75. The number of hydrogen-bond acceptors (Lipinski definition) is 3. The summed E-state index contributed by atoms with van der Waals surface area (Å²) < 4.78 is 0. The van der Waals surface area contributed by atoms with Crippen LogP contribution in [0.15, 0.2) is 0 Å². The fraction of sp³-hybridized carbons (Fsp3) is 0.867. The number of carboxylic acid groups (broad SMARTS) is 1. The van der Waals surface area contributed by atoms with Crippen LogP contribution in [0.2, 0.25) is 0 Å². The van der Waals surface area contributed by atoms with Crippen LogP contribution in [0.25, 0.3) is 0 Å². The van der Waals surface area contributed by atoms with Crippen LogP contribution >= 0.6 is 0 Å². The maximum Gasteiger partial charge on any atom is 0.320 e. The minimum absolute atomic E-state index is 0.120. The predicted octanol–water partition coefficient (Wildman–Crippen LogP) is 0.833. The van der Waals surface area contributed by atoms with E-state index in [0.717, 1.165) is 52.0 Å². The Morgan fingerprint density at radius 3 is 2.48 bits per heavy atom. The van der Waals surface area contributed by atoms with Gasteiger partial charge < -0.3 is 20.2 Å². The van der Waals surface area contributed by atoms with E-state index in [0.29, 0.717) is 11.8 Å². The van der Waals surface area contributed by atoms with Crippen molar-refractivity contribution in [2.75, 3.05) is 32.7 Å². The van der Waals surface area contributed by atoms with Crippen LogP contribution in [0.1, 0.15) is 26.2 Å². The van der Waals surface area contributed by atoms with Crippen LogP contribution in [0.5, 0.6) is 0 Å². The van der Waals surface area contributed by atoms with Crippen LogP contribution in [-0.2, 0) is 4.79 Å². The molecule has 0 spiro atoms. The third-order valence-electron chi connectivity index (χ3n) is 5.32. The Bertz CT molecular complexity index is 420. The highest BCUT2D eigenvalue weighted by Crippen LogP contribution is 2.48. The molecule has 0 bridgehead atoms. The van der Waals surface area contributed by atoms with Gasteiger partial charge >= 0.3 is 12.0 Å². The first kappa shape index (κ1) is 14.6. The molecule has 6 heteroatoms. The summed E-state index contributed by atoms with van der Waals surface area (Å²) in [4.78, 5) is 27.4. The van der Waals surface area contributed by atoms with E-state index in [9.17, 15) is 9.59 Å². The molecule has 0 aromatic rings. The number of urea groups is 1. The van der Waals surface area contributed by atoms with E-state index >= 15 is 0 Å². The van der Waals surface area contributed by atoms with E-state index in [1.807, 2.05) is 9.80 Å². The summed E-state index contributed by atoms with van der Waals surface area (Å²) >= 11 is 0. The Morgan fingerprint density at radius 2 is 1.90 bits per heavy atom. The second kappa shape index (κ2) is 5.83. The number of likely N-dealkylation sites (tertiary alicyclic amines) is 1. The Balaban J connectivity index is 1.49. The van der Waals surface area contributed by atoms with Crippen molar-refractivity contribution in [1.82, 2.24) is 15.1 Å². The summed E-state index contributed by atoms with van der Waals surface area (Å²) in [5, 5.41) is 12.3. The van der Waals surface area contributed by atoms with E-state index in [2.05, 4.69) is 12.2 Å². The highest BCUT2D eigenvalue weighted by molar-refractivity contribution is 5.75. The molecule has 2 aliphatic heterocycles. The number of piperidine rings is 1. The van der Waals surface area contributed by atoms with Crippen LogP contribution in [-0.4, -0.2) is 65.7 Å². The second-order valence-electron chi connectivity index (χ2n) is 6.70. The SMILES string of the molecule is CC1CNCCN1C(=O)N1CCC(C2CC2C(=O)O)CC1. The Hall–Kier alpha value is -1.30. The number of amides is 2. The molecule has 1 saturated carbocycles. The van der Waals surface area contributed by atoms with Crippen molar-refractivity contribution in [3.05, 3.63) is 0 Å². The third-order valence-corrected chi connectivity index (χ3v) is 5.32. The number of hydrogen-bond donors (Lipinski definition) is 2. The lowest BCUT2D eigenvalue weighted by atomic mass is 9.91. The molecule has 3 atom stereocenters. The molecule has 118 valence electrons. The minimum atomic E-state index is -0.645. The number of carboxylic acids is 1. The molecule has 2 amide bonds. The minimum Gasteiger partial charge on any atom is -0.481 e. The number of nitrogens with zero attached hydrogens (tertiary/aromatic N) is 2. The summed E-state index contributed by atoms with van der Waals surface area (Å²) in [7, 11) is 0. The molecule has 2 heterocycles. The normalized spacial score (nSPS) is 33.9. The topological polar surface area (TPSA) is 72.9 Å². The molecule has 0 aromatic heterocycles. The zero-order valence-corrected chi connectivity index (χ0v) is 12.6. The molecule has 3 rings (SSSR count). The van der Waals surface area contributed by atoms with Crippen molar-refractivity contribution in [2.45, 2.75) is 32.2 Å². The van der Waals surface area contributed by atoms with Crippen molar-refractivity contribution in [3.8, 4) is 0 Å². The van der Waals surface area contributed by atoms with Crippen LogP contribution in [0.3, 0.4) is 0 Å². The molecule has 3 fully saturated rings. The zero-order valence-electron chi connectivity index (χ0n) is 12.6. The van der Waals surface area contributed by atoms with Gasteiger partial charge in [-0.2, -0.15) is 0 Å². The molecular weight excluding hydrogens is 270 g/mol. The van der Waals surface area contributed by atoms with Crippen molar-refractivity contribution < 1.29 is 14.7 Å². The van der Waals surface area contributed by atoms with Gasteiger partial charge in [0.1, 0.15) is 0 Å². The van der Waals surface area contributed by atoms with Crippen molar-refractivity contribution in [1.29, 1.82) is 0 Å². The lowest BCUT2D eigenvalue weighted by Crippen LogP contribution is -2.57. The monoisotopic (exact) mass is 295 g/mol. The molecule has 2 saturated heterocycles. The van der Waals surface area contributed by atoms with Crippen LogP contribution in [0.4, 0.5) is 4.79 Å². The first-order valence-corrected chi connectivity index (χ1v) is 8.07. The molecule has 1 aliphatic carbocycles. The van der Waals surface area contributed by atoms with Crippen molar-refractivity contribution in [2.24, 2.45) is 17.8 Å². The molecule has 3 unspecified atom stereocenters. The highest BCUT2D eigenvalue weighted by atomic mass is 16.4. The lowest BCUT2D eigenvalue weighted by Gasteiger charge is -2.40. The molecule has 0 radical (unpaired) electrons. The van der Waals surface area contributed by atoms with Crippen molar-refractivity contribution >= 4 is 12.0 Å². The van der Waals surface area contributed by atoms with Gasteiger partial charge in [0.15, 0.2) is 0 Å². The Morgan fingerprint density at radius 1 is 1.19 bits per heavy atom. The van der Waals surface area contributed by atoms with Gasteiger partial charge in [0.25, 0.3) is 0 Å². The fourth-order valence-corrected chi connectivity index (χ4v) is 3.85. The quantitative estimate of drug-likeness (QED) is 0.791. The average molecular weight is 295 g/mol. The molecule has 3 aliphatic rings. The predicted molar refractivity (Wildman–Crippen MR) is 78.0 cm³/mol. The maximum atomic E-state index is 12.6. The number of carbonyl (C=O) groups excluding carboxylic acids is 1. The van der Waals surface area contributed by atoms with E-state index < -0.39 is 5.97 Å². The number of piperazine rings is 1. The van der Waals surface area contributed by atoms with Crippen molar-refractivity contribution in [3.63, 3.8) is 0 Å². The number of carbonyl (C=O) groups is 2. The molecule has 6 nitrogen and oxygen atoms in total. The largest absolute Gasteiger partial charge is 0.481 e. The van der Waals surface area contributed by atoms with Gasteiger partial charge in [0.05, 0.1) is 5.92 Å². The van der Waals surface area contributed by atoms with Gasteiger partial charge in [-0.25, -0.2) is 4.79 Å². The summed E-state index contributed by atoms with van der Waals surface area (Å²) in [6.45, 7) is 6.16. The molecule has 21 heavy (non-hydrogen) atoms. The van der Waals surface area contributed by atoms with Gasteiger partial charge in [-0.05, 0) is 38.0 Å². The Labute approximate surface area is 125 Å². The van der Waals surface area contributed by atoms with Gasteiger partial charge in [-0.3, -0.25) is 4.79 Å². The van der Waals surface area contributed by atoms with E-state index in [1.165, 1.54) is 0 Å². The fourth-order valence-electron chi connectivity index (χ4n) is 3.85. The van der Waals surface area contributed by atoms with E-state index in [-0.39, 0.29) is 18.0 Å². The maximum absolute atomic E-state index is 12.6. The summed E-state index contributed by atoms with van der Waals surface area (Å²) in [5.74, 6) is 0.0899. The van der Waals surface area contributed by atoms with E-state index in [4.69, 9.17) is 5.11 Å². The smallest absolute Gasteiger partial charge is 0.320 e. The summed E-state index contributed by atoms with van der Waals surface area (Å²) in [6, 6.07) is 0.414. The van der Waals surface area contributed by atoms with Crippen LogP contribution < -0.4 is 5.32 Å². The standard InChI is InChI=1S/C15H25N3O3/c1-10-9-16-4-7-18(10)15(21)17-5-2-11(3-6-17)12-8-13(12)14(19)20/h10-13,16H,2-9H2,1H3,(H,19,20). The van der Waals surface area contributed by atoms with E-state index in [1.54, 1.807) is 0 Å².